The molecule has 0 aliphatic heterocycles. The summed E-state index contributed by atoms with van der Waals surface area (Å²) in [6.45, 7) is 4.51. The molecule has 84 valence electrons. The van der Waals surface area contributed by atoms with Crippen molar-refractivity contribution in [2.75, 3.05) is 6.16 Å². The Morgan fingerprint density at radius 2 is 1.60 bits per heavy atom. The zero-order valence-electron chi connectivity index (χ0n) is 10.1. The molecule has 0 bridgehead atoms. The van der Waals surface area contributed by atoms with E-state index in [1.807, 2.05) is 0 Å². The lowest BCUT2D eigenvalue weighted by atomic mass is 10.1. The molecule has 0 heterocycles. The zero-order chi connectivity index (χ0) is 10.9. The third-order valence-electron chi connectivity index (χ3n) is 2.63. The molecule has 1 heteroatoms. The van der Waals surface area contributed by atoms with Crippen LogP contribution in [0.3, 0.4) is 0 Å². The van der Waals surface area contributed by atoms with Crippen LogP contribution < -0.4 is 5.30 Å². The number of benzene rings is 1. The van der Waals surface area contributed by atoms with Crippen molar-refractivity contribution < 1.29 is 0 Å². The summed E-state index contributed by atoms with van der Waals surface area (Å²) in [6.07, 6.45) is 7.91. The quantitative estimate of drug-likeness (QED) is 0.480. The summed E-state index contributed by atoms with van der Waals surface area (Å²) >= 11 is 0. The summed E-state index contributed by atoms with van der Waals surface area (Å²) < 4.78 is 0. The van der Waals surface area contributed by atoms with Crippen molar-refractivity contribution >= 4 is 13.9 Å². The summed E-state index contributed by atoms with van der Waals surface area (Å²) in [5.74, 6) is 0. The van der Waals surface area contributed by atoms with Crippen LogP contribution in [0.25, 0.3) is 0 Å². The maximum atomic E-state index is 2.32. The second kappa shape index (κ2) is 7.88. The van der Waals surface area contributed by atoms with Crippen LogP contribution in [0.1, 0.15) is 45.1 Å². The lowest BCUT2D eigenvalue weighted by Crippen LogP contribution is -1.96. The largest absolute Gasteiger partial charge is 0.0904 e. The van der Waals surface area contributed by atoms with Gasteiger partial charge in [-0.3, -0.25) is 0 Å². The van der Waals surface area contributed by atoms with E-state index in [0.717, 1.165) is 8.58 Å². The molecular formula is C14H23P. The van der Waals surface area contributed by atoms with Gasteiger partial charge in [-0.25, -0.2) is 0 Å². The number of rotatable bonds is 7. The number of aryl methyl sites for hydroxylation is 1. The van der Waals surface area contributed by atoms with Crippen LogP contribution in [0.4, 0.5) is 0 Å². The van der Waals surface area contributed by atoms with Gasteiger partial charge in [0.15, 0.2) is 0 Å². The summed E-state index contributed by atoms with van der Waals surface area (Å²) in [5, 5.41) is 1.53. The molecule has 0 saturated carbocycles. The van der Waals surface area contributed by atoms with Crippen LogP contribution in [0.5, 0.6) is 0 Å². The third kappa shape index (κ3) is 5.33. The lowest BCUT2D eigenvalue weighted by molar-refractivity contribution is 0.795. The molecule has 0 aliphatic rings. The first kappa shape index (κ1) is 12.7. The van der Waals surface area contributed by atoms with Crippen LogP contribution in [0, 0.1) is 0 Å². The second-order valence-corrected chi connectivity index (χ2v) is 5.51. The first-order valence-corrected chi connectivity index (χ1v) is 7.40. The maximum absolute atomic E-state index is 2.32. The van der Waals surface area contributed by atoms with Gasteiger partial charge < -0.3 is 0 Å². The van der Waals surface area contributed by atoms with Crippen molar-refractivity contribution in [1.82, 2.24) is 0 Å². The summed E-state index contributed by atoms with van der Waals surface area (Å²) in [7, 11) is 1.01. The van der Waals surface area contributed by atoms with Crippen LogP contribution >= 0.6 is 8.58 Å². The maximum Gasteiger partial charge on any atom is -0.0271 e. The fourth-order valence-electron chi connectivity index (χ4n) is 1.58. The van der Waals surface area contributed by atoms with E-state index in [1.54, 1.807) is 0 Å². The minimum absolute atomic E-state index is 1.01. The molecular weight excluding hydrogens is 199 g/mol. The van der Waals surface area contributed by atoms with Gasteiger partial charge in [-0.15, -0.1) is 0 Å². The highest BCUT2D eigenvalue weighted by Crippen LogP contribution is 2.13. The van der Waals surface area contributed by atoms with E-state index in [0.29, 0.717) is 0 Å². The molecule has 0 N–H and O–H groups in total. The molecule has 0 radical (unpaired) electrons. The minimum atomic E-state index is 1.01. The lowest BCUT2D eigenvalue weighted by Gasteiger charge is -2.03. The summed E-state index contributed by atoms with van der Waals surface area (Å²) in [6, 6.07) is 9.26. The van der Waals surface area contributed by atoms with Crippen molar-refractivity contribution in [3.8, 4) is 0 Å². The smallest absolute Gasteiger partial charge is 0.0271 e. The van der Waals surface area contributed by atoms with Gasteiger partial charge in [0.05, 0.1) is 0 Å². The van der Waals surface area contributed by atoms with E-state index in [4.69, 9.17) is 0 Å². The minimum Gasteiger partial charge on any atom is -0.0904 e. The average molecular weight is 222 g/mol. The molecule has 0 saturated heterocycles. The Morgan fingerprint density at radius 1 is 0.933 bits per heavy atom. The molecule has 1 rings (SSSR count). The predicted octanol–water partition coefficient (Wildman–Crippen LogP) is 4.13. The van der Waals surface area contributed by atoms with Gasteiger partial charge in [-0.05, 0) is 36.3 Å². The van der Waals surface area contributed by atoms with Crippen molar-refractivity contribution in [2.45, 2.75) is 46.0 Å². The van der Waals surface area contributed by atoms with Gasteiger partial charge in [-0.1, -0.05) is 59.5 Å². The Balaban J connectivity index is 2.35. The monoisotopic (exact) mass is 222 g/mol. The molecule has 0 nitrogen and oxygen atoms in total. The Labute approximate surface area is 96.3 Å². The van der Waals surface area contributed by atoms with Gasteiger partial charge in [0.25, 0.3) is 0 Å². The van der Waals surface area contributed by atoms with Crippen LogP contribution in [-0.4, -0.2) is 6.16 Å². The first-order valence-electron chi connectivity index (χ1n) is 6.19. The molecule has 1 unspecified atom stereocenters. The first-order chi connectivity index (χ1) is 7.36. The molecule has 1 atom stereocenters. The van der Waals surface area contributed by atoms with Gasteiger partial charge in [0.1, 0.15) is 0 Å². The zero-order valence-corrected chi connectivity index (χ0v) is 11.1. The Bertz CT molecular complexity index is 251. The van der Waals surface area contributed by atoms with Gasteiger partial charge in [0.2, 0.25) is 0 Å². The highest BCUT2D eigenvalue weighted by atomic mass is 31.1. The van der Waals surface area contributed by atoms with E-state index in [9.17, 15) is 0 Å². The standard InChI is InChI=1S/C14H23P/c1-3-5-7-13-8-10-14(11-9-13)15-12-6-4-2/h8-11,15H,3-7,12H2,1-2H3. The number of unbranched alkanes of at least 4 members (excludes halogenated alkanes) is 2. The van der Waals surface area contributed by atoms with Crippen molar-refractivity contribution in [2.24, 2.45) is 0 Å². The molecule has 1 aromatic rings. The van der Waals surface area contributed by atoms with Crippen molar-refractivity contribution in [1.29, 1.82) is 0 Å². The predicted molar refractivity (Wildman–Crippen MR) is 72.8 cm³/mol. The van der Waals surface area contributed by atoms with Crippen molar-refractivity contribution in [3.63, 3.8) is 0 Å². The van der Waals surface area contributed by atoms with Crippen LogP contribution in [0.2, 0.25) is 0 Å². The van der Waals surface area contributed by atoms with Gasteiger partial charge in [0, 0.05) is 0 Å². The Hall–Kier alpha value is -0.350. The number of hydrogen-bond donors (Lipinski definition) is 0. The van der Waals surface area contributed by atoms with E-state index in [2.05, 4.69) is 38.1 Å². The summed E-state index contributed by atoms with van der Waals surface area (Å²) in [4.78, 5) is 0. The summed E-state index contributed by atoms with van der Waals surface area (Å²) in [5.41, 5.74) is 1.50. The third-order valence-corrected chi connectivity index (χ3v) is 3.98. The van der Waals surface area contributed by atoms with Gasteiger partial charge >= 0.3 is 0 Å². The average Bonchev–Trinajstić information content (AvgIpc) is 2.28. The highest BCUT2D eigenvalue weighted by Gasteiger charge is 1.94. The van der Waals surface area contributed by atoms with E-state index >= 15 is 0 Å². The highest BCUT2D eigenvalue weighted by molar-refractivity contribution is 7.47. The van der Waals surface area contributed by atoms with E-state index in [1.165, 1.54) is 49.1 Å². The molecule has 0 amide bonds. The molecule has 15 heavy (non-hydrogen) atoms. The second-order valence-electron chi connectivity index (χ2n) is 4.08. The fourth-order valence-corrected chi connectivity index (χ4v) is 2.80. The van der Waals surface area contributed by atoms with Crippen molar-refractivity contribution in [3.05, 3.63) is 29.8 Å². The van der Waals surface area contributed by atoms with E-state index < -0.39 is 0 Å². The SMILES string of the molecule is CCCCPc1ccc(CCCC)cc1. The van der Waals surface area contributed by atoms with Crippen LogP contribution in [0.15, 0.2) is 24.3 Å². The normalized spacial score (nSPS) is 11.3. The fraction of sp³-hybridized carbons (Fsp3) is 0.571. The molecule has 0 aromatic heterocycles. The molecule has 0 fully saturated rings. The Morgan fingerprint density at radius 3 is 2.20 bits per heavy atom. The van der Waals surface area contributed by atoms with Crippen LogP contribution in [-0.2, 0) is 6.42 Å². The van der Waals surface area contributed by atoms with E-state index in [-0.39, 0.29) is 0 Å². The topological polar surface area (TPSA) is 0 Å². The Kier molecular flexibility index (Phi) is 6.68. The molecule has 1 aromatic carbocycles. The number of hydrogen-bond acceptors (Lipinski definition) is 0. The van der Waals surface area contributed by atoms with Gasteiger partial charge in [-0.2, -0.15) is 0 Å². The molecule has 0 spiro atoms. The molecule has 0 aliphatic carbocycles.